The second-order valence-corrected chi connectivity index (χ2v) is 5.72. The van der Waals surface area contributed by atoms with E-state index in [1.54, 1.807) is 12.1 Å². The Morgan fingerprint density at radius 3 is 2.89 bits per heavy atom. The molecule has 1 aromatic rings. The highest BCUT2D eigenvalue weighted by Gasteiger charge is 2.24. The van der Waals surface area contributed by atoms with Gasteiger partial charge in [-0.1, -0.05) is 0 Å². The predicted octanol–water partition coefficient (Wildman–Crippen LogP) is 1.34. The molecule has 0 bridgehead atoms. The van der Waals surface area contributed by atoms with Crippen LogP contribution in [0.1, 0.15) is 23.2 Å². The van der Waals surface area contributed by atoms with Crippen LogP contribution in [0, 0.1) is 5.92 Å². The number of aliphatic hydroxyl groups is 1. The molecule has 1 atom stereocenters. The summed E-state index contributed by atoms with van der Waals surface area (Å²) < 4.78 is 0.861. The summed E-state index contributed by atoms with van der Waals surface area (Å²) in [5.74, 6) is -0.0242. The molecule has 1 unspecified atom stereocenters. The van der Waals surface area contributed by atoms with Gasteiger partial charge >= 0.3 is 0 Å². The molecule has 0 aromatic heterocycles. The lowest BCUT2D eigenvalue weighted by Crippen LogP contribution is -2.22. The standard InChI is InChI=1S/C13H18BrN3O2/c14-10-6-11(15)9(13(16)19)5-12(10)17-3-1-8(7-17)2-4-18/h5-6,8,18H,1-4,7,15H2,(H2,16,19). The largest absolute Gasteiger partial charge is 0.398 e. The fraction of sp³-hybridized carbons (Fsp3) is 0.462. The third-order valence-electron chi connectivity index (χ3n) is 3.55. The lowest BCUT2D eigenvalue weighted by molar-refractivity contribution is 0.100. The van der Waals surface area contributed by atoms with Gasteiger partial charge < -0.3 is 21.5 Å². The highest BCUT2D eigenvalue weighted by molar-refractivity contribution is 9.10. The number of primary amides is 1. The number of carbonyl (C=O) groups excluding carboxylic acids is 1. The molecule has 0 spiro atoms. The smallest absolute Gasteiger partial charge is 0.250 e. The van der Waals surface area contributed by atoms with Gasteiger partial charge in [-0.15, -0.1) is 0 Å². The minimum Gasteiger partial charge on any atom is -0.398 e. The third kappa shape index (κ3) is 3.01. The maximum atomic E-state index is 11.3. The minimum absolute atomic E-state index is 0.216. The number of nitrogens with zero attached hydrogens (tertiary/aromatic N) is 1. The van der Waals surface area contributed by atoms with Crippen LogP contribution < -0.4 is 16.4 Å². The number of nitrogen functional groups attached to an aromatic ring is 1. The van der Waals surface area contributed by atoms with Crippen LogP contribution in [0.2, 0.25) is 0 Å². The second kappa shape index (κ2) is 5.79. The van der Waals surface area contributed by atoms with E-state index in [1.807, 2.05) is 0 Å². The van der Waals surface area contributed by atoms with Gasteiger partial charge in [-0.25, -0.2) is 0 Å². The number of amides is 1. The summed E-state index contributed by atoms with van der Waals surface area (Å²) in [5, 5.41) is 8.99. The number of hydrogen-bond acceptors (Lipinski definition) is 4. The molecule has 2 rings (SSSR count). The Bertz CT molecular complexity index is 493. The lowest BCUT2D eigenvalue weighted by atomic mass is 10.1. The van der Waals surface area contributed by atoms with Crippen LogP contribution in [0.3, 0.4) is 0 Å². The first kappa shape index (κ1) is 14.1. The number of rotatable bonds is 4. The van der Waals surface area contributed by atoms with Crippen LogP contribution in [0.5, 0.6) is 0 Å². The molecule has 0 saturated carbocycles. The van der Waals surface area contributed by atoms with E-state index in [1.165, 1.54) is 0 Å². The summed E-state index contributed by atoms with van der Waals surface area (Å²) in [4.78, 5) is 13.5. The average Bonchev–Trinajstić information content (AvgIpc) is 2.77. The number of aliphatic hydroxyl groups excluding tert-OH is 1. The zero-order valence-corrected chi connectivity index (χ0v) is 12.2. The third-order valence-corrected chi connectivity index (χ3v) is 4.18. The van der Waals surface area contributed by atoms with Gasteiger partial charge in [0, 0.05) is 29.9 Å². The van der Waals surface area contributed by atoms with Crippen LogP contribution >= 0.6 is 15.9 Å². The first-order chi connectivity index (χ1) is 9.02. The zero-order valence-electron chi connectivity index (χ0n) is 10.6. The predicted molar refractivity (Wildman–Crippen MR) is 79.1 cm³/mol. The SMILES string of the molecule is NC(=O)c1cc(N2CCC(CCO)C2)c(Br)cc1N. The van der Waals surface area contributed by atoms with Crippen LogP contribution in [0.15, 0.2) is 16.6 Å². The van der Waals surface area contributed by atoms with Crippen LogP contribution in [-0.4, -0.2) is 30.7 Å². The molecule has 1 aliphatic heterocycles. The molecular weight excluding hydrogens is 310 g/mol. The molecule has 6 heteroatoms. The fourth-order valence-corrected chi connectivity index (χ4v) is 3.11. The normalized spacial score (nSPS) is 18.8. The van der Waals surface area contributed by atoms with Gasteiger partial charge in [-0.05, 0) is 46.8 Å². The van der Waals surface area contributed by atoms with Crippen molar-refractivity contribution in [3.05, 3.63) is 22.2 Å². The molecule has 1 aromatic carbocycles. The summed E-state index contributed by atoms with van der Waals surface area (Å²) in [6.45, 7) is 2.00. The van der Waals surface area contributed by atoms with Gasteiger partial charge in [-0.2, -0.15) is 0 Å². The molecular formula is C13H18BrN3O2. The van der Waals surface area contributed by atoms with Gasteiger partial charge in [0.05, 0.1) is 11.3 Å². The molecule has 1 aliphatic rings. The number of halogens is 1. The molecule has 1 amide bonds. The molecule has 1 heterocycles. The van der Waals surface area contributed by atoms with Crippen molar-refractivity contribution in [1.82, 2.24) is 0 Å². The summed E-state index contributed by atoms with van der Waals surface area (Å²) in [6.07, 6.45) is 1.86. The van der Waals surface area contributed by atoms with Crippen molar-refractivity contribution in [3.8, 4) is 0 Å². The van der Waals surface area contributed by atoms with Crippen LogP contribution in [-0.2, 0) is 0 Å². The number of anilines is 2. The topological polar surface area (TPSA) is 92.6 Å². The van der Waals surface area contributed by atoms with Gasteiger partial charge in [-0.3, -0.25) is 4.79 Å². The number of carbonyl (C=O) groups is 1. The Morgan fingerprint density at radius 2 is 2.26 bits per heavy atom. The highest BCUT2D eigenvalue weighted by atomic mass is 79.9. The van der Waals surface area contributed by atoms with Crippen LogP contribution in [0.25, 0.3) is 0 Å². The molecule has 5 nitrogen and oxygen atoms in total. The van der Waals surface area contributed by atoms with E-state index in [2.05, 4.69) is 20.8 Å². The molecule has 1 saturated heterocycles. The van der Waals surface area contributed by atoms with Crippen molar-refractivity contribution in [2.75, 3.05) is 30.3 Å². The Morgan fingerprint density at radius 1 is 1.53 bits per heavy atom. The van der Waals surface area contributed by atoms with Gasteiger partial charge in [0.2, 0.25) is 0 Å². The van der Waals surface area contributed by atoms with E-state index in [9.17, 15) is 4.79 Å². The molecule has 0 aliphatic carbocycles. The van der Waals surface area contributed by atoms with Crippen molar-refractivity contribution in [3.63, 3.8) is 0 Å². The molecule has 19 heavy (non-hydrogen) atoms. The monoisotopic (exact) mass is 327 g/mol. The van der Waals surface area contributed by atoms with E-state index in [-0.39, 0.29) is 6.61 Å². The van der Waals surface area contributed by atoms with Crippen LogP contribution in [0.4, 0.5) is 11.4 Å². The number of benzene rings is 1. The maximum Gasteiger partial charge on any atom is 0.250 e. The van der Waals surface area contributed by atoms with Gasteiger partial charge in [0.15, 0.2) is 0 Å². The Kier molecular flexibility index (Phi) is 4.31. The molecule has 104 valence electrons. The van der Waals surface area contributed by atoms with E-state index >= 15 is 0 Å². The molecule has 5 N–H and O–H groups in total. The first-order valence-electron chi connectivity index (χ1n) is 6.27. The highest BCUT2D eigenvalue weighted by Crippen LogP contribution is 2.34. The van der Waals surface area contributed by atoms with E-state index in [0.29, 0.717) is 17.2 Å². The van der Waals surface area contributed by atoms with Crippen molar-refractivity contribution < 1.29 is 9.90 Å². The number of hydrogen-bond donors (Lipinski definition) is 3. The average molecular weight is 328 g/mol. The Hall–Kier alpha value is -1.27. The van der Waals surface area contributed by atoms with E-state index in [4.69, 9.17) is 16.6 Å². The summed E-state index contributed by atoms with van der Waals surface area (Å²) in [6, 6.07) is 3.46. The maximum absolute atomic E-state index is 11.3. The Labute approximate surface area is 120 Å². The second-order valence-electron chi connectivity index (χ2n) is 4.87. The molecule has 1 fully saturated rings. The Balaban J connectivity index is 2.25. The summed E-state index contributed by atoms with van der Waals surface area (Å²) >= 11 is 3.48. The first-order valence-corrected chi connectivity index (χ1v) is 7.07. The van der Waals surface area contributed by atoms with Crippen molar-refractivity contribution >= 4 is 33.2 Å². The van der Waals surface area contributed by atoms with E-state index in [0.717, 1.165) is 36.1 Å². The summed E-state index contributed by atoms with van der Waals surface area (Å²) in [5.41, 5.74) is 12.8. The van der Waals surface area contributed by atoms with Gasteiger partial charge in [0.25, 0.3) is 5.91 Å². The number of nitrogens with two attached hydrogens (primary N) is 2. The zero-order chi connectivity index (χ0) is 14.0. The quantitative estimate of drug-likeness (QED) is 0.727. The van der Waals surface area contributed by atoms with Crippen molar-refractivity contribution in [1.29, 1.82) is 0 Å². The van der Waals surface area contributed by atoms with E-state index < -0.39 is 5.91 Å². The van der Waals surface area contributed by atoms with Gasteiger partial charge in [0.1, 0.15) is 0 Å². The molecule has 0 radical (unpaired) electrons. The summed E-state index contributed by atoms with van der Waals surface area (Å²) in [7, 11) is 0. The lowest BCUT2D eigenvalue weighted by Gasteiger charge is -2.21. The minimum atomic E-state index is -0.516. The van der Waals surface area contributed by atoms with Crippen molar-refractivity contribution in [2.45, 2.75) is 12.8 Å². The fourth-order valence-electron chi connectivity index (χ4n) is 2.50. The van der Waals surface area contributed by atoms with Crippen molar-refractivity contribution in [2.24, 2.45) is 11.7 Å².